The number of halogens is 1. The lowest BCUT2D eigenvalue weighted by Crippen LogP contribution is -1.91. The number of aryl methyl sites for hydroxylation is 2. The van der Waals surface area contributed by atoms with Gasteiger partial charge in [-0.3, -0.25) is 0 Å². The Morgan fingerprint density at radius 3 is 2.59 bits per heavy atom. The number of aromatic nitrogens is 2. The molecule has 0 saturated heterocycles. The van der Waals surface area contributed by atoms with E-state index in [-0.39, 0.29) is 0 Å². The zero-order valence-electron chi connectivity index (χ0n) is 9.40. The second-order valence-electron chi connectivity index (χ2n) is 4.43. The Hall–Kier alpha value is -1.16. The van der Waals surface area contributed by atoms with E-state index in [0.29, 0.717) is 5.92 Å². The quantitative estimate of drug-likeness (QED) is 0.866. The molecule has 0 atom stereocenters. The molecule has 1 heterocycles. The van der Waals surface area contributed by atoms with Gasteiger partial charge in [0.15, 0.2) is 0 Å². The summed E-state index contributed by atoms with van der Waals surface area (Å²) < 4.78 is 6.73. The van der Waals surface area contributed by atoms with Gasteiger partial charge < -0.3 is 4.42 Å². The third-order valence-corrected chi connectivity index (χ3v) is 3.48. The smallest absolute Gasteiger partial charge is 0.219 e. The van der Waals surface area contributed by atoms with Gasteiger partial charge in [-0.1, -0.05) is 28.1 Å². The summed E-state index contributed by atoms with van der Waals surface area (Å²) in [4.78, 5) is 0. The lowest BCUT2D eigenvalue weighted by atomic mass is 10.1. The van der Waals surface area contributed by atoms with Crippen LogP contribution in [0.1, 0.15) is 36.1 Å². The first-order valence-corrected chi connectivity index (χ1v) is 6.67. The zero-order valence-corrected chi connectivity index (χ0v) is 11.0. The largest absolute Gasteiger partial charge is 0.425 e. The molecule has 0 N–H and O–H groups in total. The molecule has 17 heavy (non-hydrogen) atoms. The molecule has 1 aliphatic carbocycles. The highest BCUT2D eigenvalue weighted by Crippen LogP contribution is 2.39. The van der Waals surface area contributed by atoms with Crippen LogP contribution in [0.3, 0.4) is 0 Å². The first-order valence-electron chi connectivity index (χ1n) is 5.88. The maximum Gasteiger partial charge on any atom is 0.219 e. The molecule has 2 aromatic rings. The van der Waals surface area contributed by atoms with E-state index >= 15 is 0 Å². The first-order chi connectivity index (χ1) is 8.31. The monoisotopic (exact) mass is 292 g/mol. The Morgan fingerprint density at radius 1 is 1.12 bits per heavy atom. The van der Waals surface area contributed by atoms with Crippen LogP contribution in [0.2, 0.25) is 0 Å². The van der Waals surface area contributed by atoms with Crippen LogP contribution in [0.5, 0.6) is 0 Å². The van der Waals surface area contributed by atoms with Crippen molar-refractivity contribution in [3.05, 3.63) is 46.1 Å². The van der Waals surface area contributed by atoms with Gasteiger partial charge in [0.25, 0.3) is 0 Å². The summed E-state index contributed by atoms with van der Waals surface area (Å²) in [5.41, 5.74) is 1.29. The van der Waals surface area contributed by atoms with Gasteiger partial charge in [-0.2, -0.15) is 0 Å². The molecule has 1 aromatic carbocycles. The van der Waals surface area contributed by atoms with E-state index in [2.05, 4.69) is 50.4 Å². The molecule has 1 fully saturated rings. The Balaban J connectivity index is 1.60. The molecule has 0 amide bonds. The van der Waals surface area contributed by atoms with Crippen LogP contribution in [-0.2, 0) is 12.8 Å². The van der Waals surface area contributed by atoms with Crippen molar-refractivity contribution < 1.29 is 4.42 Å². The minimum atomic E-state index is 0.545. The predicted molar refractivity (Wildman–Crippen MR) is 67.8 cm³/mol. The summed E-state index contributed by atoms with van der Waals surface area (Å²) in [6, 6.07) is 8.34. The van der Waals surface area contributed by atoms with E-state index in [1.807, 2.05) is 0 Å². The van der Waals surface area contributed by atoms with Crippen molar-refractivity contribution in [1.29, 1.82) is 0 Å². The molecule has 3 nitrogen and oxygen atoms in total. The average Bonchev–Trinajstić information content (AvgIpc) is 3.09. The van der Waals surface area contributed by atoms with Gasteiger partial charge in [0.05, 0.1) is 0 Å². The van der Waals surface area contributed by atoms with Crippen LogP contribution >= 0.6 is 15.9 Å². The summed E-state index contributed by atoms with van der Waals surface area (Å²) in [6.45, 7) is 0. The summed E-state index contributed by atoms with van der Waals surface area (Å²) in [5.74, 6) is 2.13. The fourth-order valence-electron chi connectivity index (χ4n) is 1.77. The maximum absolute atomic E-state index is 5.62. The van der Waals surface area contributed by atoms with Crippen LogP contribution in [0.15, 0.2) is 33.2 Å². The van der Waals surface area contributed by atoms with Gasteiger partial charge in [-0.05, 0) is 37.0 Å². The third-order valence-electron chi connectivity index (χ3n) is 2.95. The van der Waals surface area contributed by atoms with Gasteiger partial charge in [0.1, 0.15) is 0 Å². The molecule has 0 radical (unpaired) electrons. The molecular formula is C13H13BrN2O. The van der Waals surface area contributed by atoms with Crippen molar-refractivity contribution in [2.75, 3.05) is 0 Å². The molecule has 1 saturated carbocycles. The van der Waals surface area contributed by atoms with E-state index in [4.69, 9.17) is 4.42 Å². The minimum absolute atomic E-state index is 0.545. The van der Waals surface area contributed by atoms with Crippen LogP contribution < -0.4 is 0 Å². The molecular weight excluding hydrogens is 280 g/mol. The van der Waals surface area contributed by atoms with Gasteiger partial charge >= 0.3 is 0 Å². The average molecular weight is 293 g/mol. The number of benzene rings is 1. The summed E-state index contributed by atoms with van der Waals surface area (Å²) >= 11 is 3.43. The van der Waals surface area contributed by atoms with E-state index in [0.717, 1.165) is 29.1 Å². The standard InChI is InChI=1S/C13H13BrN2O/c14-11-6-1-9(2-7-11)3-8-12-15-16-13(17-12)10-4-5-10/h1-2,6-7,10H,3-5,8H2. The van der Waals surface area contributed by atoms with Gasteiger partial charge in [-0.25, -0.2) is 0 Å². The molecule has 4 heteroatoms. The van der Waals surface area contributed by atoms with Crippen LogP contribution in [0.4, 0.5) is 0 Å². The second kappa shape index (κ2) is 4.61. The van der Waals surface area contributed by atoms with Crippen molar-refractivity contribution in [3.63, 3.8) is 0 Å². The van der Waals surface area contributed by atoms with E-state index in [1.54, 1.807) is 0 Å². The van der Waals surface area contributed by atoms with Crippen LogP contribution in [-0.4, -0.2) is 10.2 Å². The van der Waals surface area contributed by atoms with E-state index in [9.17, 15) is 0 Å². The third kappa shape index (κ3) is 2.75. The number of nitrogens with zero attached hydrogens (tertiary/aromatic N) is 2. The Bertz CT molecular complexity index is 502. The van der Waals surface area contributed by atoms with Crippen molar-refractivity contribution in [1.82, 2.24) is 10.2 Å². The highest BCUT2D eigenvalue weighted by atomic mass is 79.9. The van der Waals surface area contributed by atoms with Gasteiger partial charge in [0, 0.05) is 16.8 Å². The second-order valence-corrected chi connectivity index (χ2v) is 5.35. The Labute approximate surface area is 108 Å². The van der Waals surface area contributed by atoms with Crippen molar-refractivity contribution in [3.8, 4) is 0 Å². The zero-order chi connectivity index (χ0) is 11.7. The summed E-state index contributed by atoms with van der Waals surface area (Å²) in [7, 11) is 0. The lowest BCUT2D eigenvalue weighted by molar-refractivity contribution is 0.450. The molecule has 0 spiro atoms. The van der Waals surface area contributed by atoms with Gasteiger partial charge in [0.2, 0.25) is 11.8 Å². The number of hydrogen-bond acceptors (Lipinski definition) is 3. The molecule has 0 bridgehead atoms. The summed E-state index contributed by atoms with van der Waals surface area (Å²) in [5, 5.41) is 8.16. The highest BCUT2D eigenvalue weighted by molar-refractivity contribution is 9.10. The number of rotatable bonds is 4. The summed E-state index contributed by atoms with van der Waals surface area (Å²) in [6.07, 6.45) is 4.17. The minimum Gasteiger partial charge on any atom is -0.425 e. The number of hydrogen-bond donors (Lipinski definition) is 0. The van der Waals surface area contributed by atoms with E-state index < -0.39 is 0 Å². The van der Waals surface area contributed by atoms with E-state index in [1.165, 1.54) is 18.4 Å². The fraction of sp³-hybridized carbons (Fsp3) is 0.385. The molecule has 1 aliphatic rings. The fourth-order valence-corrected chi connectivity index (χ4v) is 2.03. The van der Waals surface area contributed by atoms with Gasteiger partial charge in [-0.15, -0.1) is 10.2 Å². The molecule has 0 unspecified atom stereocenters. The molecule has 88 valence electrons. The Morgan fingerprint density at radius 2 is 1.88 bits per heavy atom. The van der Waals surface area contributed by atoms with Crippen molar-refractivity contribution in [2.24, 2.45) is 0 Å². The maximum atomic E-state index is 5.62. The van der Waals surface area contributed by atoms with Crippen molar-refractivity contribution >= 4 is 15.9 Å². The molecule has 0 aliphatic heterocycles. The first kappa shape index (κ1) is 11.0. The highest BCUT2D eigenvalue weighted by Gasteiger charge is 2.29. The predicted octanol–water partition coefficient (Wildman–Crippen LogP) is 3.49. The molecule has 1 aromatic heterocycles. The normalized spacial score (nSPS) is 15.1. The lowest BCUT2D eigenvalue weighted by Gasteiger charge is -1.98. The van der Waals surface area contributed by atoms with Crippen LogP contribution in [0.25, 0.3) is 0 Å². The SMILES string of the molecule is Brc1ccc(CCc2nnc(C3CC3)o2)cc1. The van der Waals surface area contributed by atoms with Crippen molar-refractivity contribution in [2.45, 2.75) is 31.6 Å². The molecule has 3 rings (SSSR count). The van der Waals surface area contributed by atoms with Crippen LogP contribution in [0, 0.1) is 0 Å². The Kier molecular flexibility index (Phi) is 2.97. The topological polar surface area (TPSA) is 38.9 Å².